The number of para-hydroxylation sites is 1. The fraction of sp³-hybridized carbons (Fsp3) is 0.154. The summed E-state index contributed by atoms with van der Waals surface area (Å²) in [5.74, 6) is 1.19. The molecule has 1 aromatic carbocycles. The van der Waals surface area contributed by atoms with Crippen molar-refractivity contribution in [2.24, 2.45) is 0 Å². The Morgan fingerprint density at radius 3 is 2.76 bits per heavy atom. The van der Waals surface area contributed by atoms with Gasteiger partial charge >= 0.3 is 0 Å². The summed E-state index contributed by atoms with van der Waals surface area (Å²) >= 11 is 5.82. The van der Waals surface area contributed by atoms with E-state index in [0.717, 1.165) is 17.7 Å². The second kappa shape index (κ2) is 5.06. The minimum Gasteiger partial charge on any atom is -0.439 e. The molecule has 0 aliphatic rings. The molecule has 17 heavy (non-hydrogen) atoms. The fourth-order valence-electron chi connectivity index (χ4n) is 1.55. The van der Waals surface area contributed by atoms with E-state index in [1.807, 2.05) is 24.3 Å². The quantitative estimate of drug-likeness (QED) is 0.843. The number of rotatable bonds is 3. The number of aryl methyl sites for hydroxylation is 1. The molecule has 2 aromatic rings. The zero-order valence-corrected chi connectivity index (χ0v) is 10.2. The van der Waals surface area contributed by atoms with Crippen LogP contribution in [0.25, 0.3) is 0 Å². The number of nitrogen functional groups attached to an aromatic ring is 1. The summed E-state index contributed by atoms with van der Waals surface area (Å²) in [7, 11) is 0. The van der Waals surface area contributed by atoms with Gasteiger partial charge in [0.15, 0.2) is 0 Å². The van der Waals surface area contributed by atoms with Crippen LogP contribution >= 0.6 is 11.6 Å². The average molecular weight is 249 g/mol. The Balaban J connectivity index is 2.31. The first-order valence-electron chi connectivity index (χ1n) is 5.38. The van der Waals surface area contributed by atoms with Crippen molar-refractivity contribution in [2.45, 2.75) is 13.3 Å². The Bertz CT molecular complexity index is 508. The number of hydrogen-bond acceptors (Lipinski definition) is 3. The maximum absolute atomic E-state index is 5.82. The third-order valence-corrected chi connectivity index (χ3v) is 2.55. The molecule has 0 saturated carbocycles. The van der Waals surface area contributed by atoms with Gasteiger partial charge in [0.25, 0.3) is 0 Å². The van der Waals surface area contributed by atoms with Gasteiger partial charge in [-0.15, -0.1) is 0 Å². The van der Waals surface area contributed by atoms with Gasteiger partial charge in [0.05, 0.1) is 0 Å². The van der Waals surface area contributed by atoms with Gasteiger partial charge in [-0.3, -0.25) is 0 Å². The summed E-state index contributed by atoms with van der Waals surface area (Å²) in [5, 5.41) is 0.328. The first-order chi connectivity index (χ1) is 8.19. The maximum atomic E-state index is 5.82. The van der Waals surface area contributed by atoms with Crippen LogP contribution in [0.2, 0.25) is 5.15 Å². The zero-order valence-electron chi connectivity index (χ0n) is 9.48. The molecule has 0 aliphatic carbocycles. The zero-order chi connectivity index (χ0) is 12.3. The molecule has 4 heteroatoms. The molecular formula is C13H13ClN2O. The van der Waals surface area contributed by atoms with Gasteiger partial charge in [0.1, 0.15) is 10.9 Å². The predicted octanol–water partition coefficient (Wildman–Crippen LogP) is 3.67. The molecule has 0 bridgehead atoms. The van der Waals surface area contributed by atoms with Crippen molar-refractivity contribution in [1.29, 1.82) is 0 Å². The van der Waals surface area contributed by atoms with Crippen LogP contribution in [0.5, 0.6) is 11.6 Å². The van der Waals surface area contributed by atoms with E-state index < -0.39 is 0 Å². The molecule has 3 nitrogen and oxygen atoms in total. The first kappa shape index (κ1) is 11.7. The molecule has 0 aliphatic heterocycles. The lowest BCUT2D eigenvalue weighted by Crippen LogP contribution is -1.94. The van der Waals surface area contributed by atoms with Crippen LogP contribution in [0.1, 0.15) is 12.5 Å². The minimum absolute atomic E-state index is 0.328. The Kier molecular flexibility index (Phi) is 3.49. The van der Waals surface area contributed by atoms with E-state index in [4.69, 9.17) is 22.1 Å². The highest BCUT2D eigenvalue weighted by Crippen LogP contribution is 2.26. The second-order valence-electron chi connectivity index (χ2n) is 3.62. The highest BCUT2D eigenvalue weighted by atomic mass is 35.5. The smallest absolute Gasteiger partial charge is 0.222 e. The van der Waals surface area contributed by atoms with E-state index in [1.165, 1.54) is 0 Å². The van der Waals surface area contributed by atoms with Crippen LogP contribution in [-0.4, -0.2) is 4.98 Å². The molecule has 0 fully saturated rings. The summed E-state index contributed by atoms with van der Waals surface area (Å²) in [6, 6.07) is 11.0. The molecule has 1 heterocycles. The van der Waals surface area contributed by atoms with Crippen molar-refractivity contribution in [3.05, 3.63) is 47.1 Å². The summed E-state index contributed by atoms with van der Waals surface area (Å²) in [5.41, 5.74) is 7.33. The maximum Gasteiger partial charge on any atom is 0.222 e. The second-order valence-corrected chi connectivity index (χ2v) is 4.01. The topological polar surface area (TPSA) is 48.1 Å². The lowest BCUT2D eigenvalue weighted by atomic mass is 10.1. The fourth-order valence-corrected chi connectivity index (χ4v) is 1.76. The third kappa shape index (κ3) is 2.88. The lowest BCUT2D eigenvalue weighted by molar-refractivity contribution is 0.458. The molecule has 0 spiro atoms. The van der Waals surface area contributed by atoms with Crippen molar-refractivity contribution < 1.29 is 4.74 Å². The van der Waals surface area contributed by atoms with Crippen molar-refractivity contribution >= 4 is 17.3 Å². The van der Waals surface area contributed by atoms with Gasteiger partial charge in [-0.2, -0.15) is 0 Å². The summed E-state index contributed by atoms with van der Waals surface area (Å²) in [4.78, 5) is 4.07. The van der Waals surface area contributed by atoms with E-state index in [0.29, 0.717) is 16.7 Å². The van der Waals surface area contributed by atoms with Gasteiger partial charge in [-0.05, 0) is 24.1 Å². The Morgan fingerprint density at radius 1 is 1.29 bits per heavy atom. The minimum atomic E-state index is 0.328. The van der Waals surface area contributed by atoms with Gasteiger partial charge in [-0.25, -0.2) is 4.98 Å². The van der Waals surface area contributed by atoms with Crippen LogP contribution in [-0.2, 0) is 6.42 Å². The van der Waals surface area contributed by atoms with E-state index in [1.54, 1.807) is 12.1 Å². The first-order valence-corrected chi connectivity index (χ1v) is 5.75. The number of anilines is 1. The number of aromatic nitrogens is 1. The summed E-state index contributed by atoms with van der Waals surface area (Å²) < 4.78 is 5.69. The monoisotopic (exact) mass is 248 g/mol. The standard InChI is InChI=1S/C13H13ClN2O/c1-2-9-5-3-4-6-11(9)17-13-8-10(15)7-12(14)16-13/h3-8H,2H2,1H3,(H2,15,16). The van der Waals surface area contributed by atoms with Gasteiger partial charge in [-0.1, -0.05) is 36.7 Å². The summed E-state index contributed by atoms with van der Waals surface area (Å²) in [6.07, 6.45) is 0.895. The molecule has 2 N–H and O–H groups in total. The lowest BCUT2D eigenvalue weighted by Gasteiger charge is -2.09. The molecular weight excluding hydrogens is 236 g/mol. The Labute approximate surface area is 105 Å². The van der Waals surface area contributed by atoms with Gasteiger partial charge in [0.2, 0.25) is 5.88 Å². The van der Waals surface area contributed by atoms with E-state index >= 15 is 0 Å². The van der Waals surface area contributed by atoms with E-state index in [2.05, 4.69) is 11.9 Å². The number of benzene rings is 1. The molecule has 0 radical (unpaired) electrons. The number of nitrogens with zero attached hydrogens (tertiary/aromatic N) is 1. The average Bonchev–Trinajstić information content (AvgIpc) is 2.28. The number of nitrogens with two attached hydrogens (primary N) is 1. The number of ether oxygens (including phenoxy) is 1. The molecule has 0 unspecified atom stereocenters. The number of halogens is 1. The largest absolute Gasteiger partial charge is 0.439 e. The van der Waals surface area contributed by atoms with Crippen LogP contribution in [0.3, 0.4) is 0 Å². The Morgan fingerprint density at radius 2 is 2.06 bits per heavy atom. The van der Waals surface area contributed by atoms with E-state index in [-0.39, 0.29) is 0 Å². The highest BCUT2D eigenvalue weighted by Gasteiger charge is 2.05. The van der Waals surface area contributed by atoms with E-state index in [9.17, 15) is 0 Å². The highest BCUT2D eigenvalue weighted by molar-refractivity contribution is 6.29. The molecule has 0 saturated heterocycles. The van der Waals surface area contributed by atoms with Crippen molar-refractivity contribution in [1.82, 2.24) is 4.98 Å². The van der Waals surface area contributed by atoms with Crippen LogP contribution in [0.15, 0.2) is 36.4 Å². The molecule has 2 rings (SSSR count). The SMILES string of the molecule is CCc1ccccc1Oc1cc(N)cc(Cl)n1. The van der Waals surface area contributed by atoms with Gasteiger partial charge < -0.3 is 10.5 Å². The van der Waals surface area contributed by atoms with Crippen LogP contribution < -0.4 is 10.5 Å². The van der Waals surface area contributed by atoms with Gasteiger partial charge in [0, 0.05) is 11.8 Å². The number of pyridine rings is 1. The van der Waals surface area contributed by atoms with Crippen LogP contribution in [0, 0.1) is 0 Å². The van der Waals surface area contributed by atoms with Crippen molar-refractivity contribution in [3.8, 4) is 11.6 Å². The van der Waals surface area contributed by atoms with Crippen molar-refractivity contribution in [2.75, 3.05) is 5.73 Å². The molecule has 0 amide bonds. The van der Waals surface area contributed by atoms with Crippen molar-refractivity contribution in [3.63, 3.8) is 0 Å². The Hall–Kier alpha value is -1.74. The normalized spacial score (nSPS) is 10.2. The summed E-state index contributed by atoms with van der Waals surface area (Å²) in [6.45, 7) is 2.07. The predicted molar refractivity (Wildman–Crippen MR) is 69.6 cm³/mol. The molecule has 88 valence electrons. The van der Waals surface area contributed by atoms with Crippen LogP contribution in [0.4, 0.5) is 5.69 Å². The number of hydrogen-bond donors (Lipinski definition) is 1. The molecule has 1 aromatic heterocycles. The molecule has 0 atom stereocenters. The third-order valence-electron chi connectivity index (χ3n) is 2.36.